The van der Waals surface area contributed by atoms with Gasteiger partial charge in [-0.05, 0) is 47.9 Å². The van der Waals surface area contributed by atoms with Crippen LogP contribution in [0.5, 0.6) is 17.5 Å². The molecule has 0 aliphatic carbocycles. The minimum Gasteiger partial charge on any atom is -0.508 e. The number of alkyl halides is 3. The summed E-state index contributed by atoms with van der Waals surface area (Å²) in [7, 11) is 0. The molecule has 1 aromatic heterocycles. The monoisotopic (exact) mass is 338 g/mol. The van der Waals surface area contributed by atoms with Gasteiger partial charge in [0.15, 0.2) is 0 Å². The summed E-state index contributed by atoms with van der Waals surface area (Å²) in [5.41, 5.74) is -0.192. The smallest absolute Gasteiger partial charge is 0.416 e. The molecule has 2 aromatic carbocycles. The van der Waals surface area contributed by atoms with Crippen LogP contribution in [0, 0.1) is 0 Å². The van der Waals surface area contributed by atoms with Crippen molar-refractivity contribution in [2.75, 3.05) is 0 Å². The van der Waals surface area contributed by atoms with E-state index in [0.717, 1.165) is 23.7 Å². The number of ether oxygens (including phenoxy) is 1. The number of phenolic OH excluding ortho intramolecular Hbond substituents is 1. The van der Waals surface area contributed by atoms with Gasteiger partial charge in [0, 0.05) is 5.56 Å². The zero-order valence-corrected chi connectivity index (χ0v) is 12.2. The third-order valence-corrected chi connectivity index (χ3v) is 3.66. The molecular weight excluding hydrogens is 329 g/mol. The van der Waals surface area contributed by atoms with Crippen molar-refractivity contribution >= 4 is 11.5 Å². The summed E-state index contributed by atoms with van der Waals surface area (Å²) < 4.78 is 47.0. The summed E-state index contributed by atoms with van der Waals surface area (Å²) in [6, 6.07) is 10.8. The van der Waals surface area contributed by atoms with Crippen LogP contribution < -0.4 is 4.74 Å². The van der Waals surface area contributed by atoms with Gasteiger partial charge in [-0.15, -0.1) is 4.37 Å². The lowest BCUT2D eigenvalue weighted by Gasteiger charge is -2.06. The SMILES string of the molecule is Oc1ccc(Oc2nsc(-c3ccc(C(F)(F)F)cc3)n2)cc1. The number of hydrogen-bond acceptors (Lipinski definition) is 5. The summed E-state index contributed by atoms with van der Waals surface area (Å²) in [5.74, 6) is 0.550. The van der Waals surface area contributed by atoms with Crippen LogP contribution in [-0.4, -0.2) is 14.5 Å². The molecule has 0 unspecified atom stereocenters. The topological polar surface area (TPSA) is 55.2 Å². The van der Waals surface area contributed by atoms with Crippen molar-refractivity contribution in [3.63, 3.8) is 0 Å². The normalized spacial score (nSPS) is 11.4. The number of halogens is 3. The van der Waals surface area contributed by atoms with E-state index >= 15 is 0 Å². The number of phenols is 1. The lowest BCUT2D eigenvalue weighted by Crippen LogP contribution is -2.03. The van der Waals surface area contributed by atoms with E-state index < -0.39 is 11.7 Å². The Labute approximate surface area is 133 Å². The molecule has 3 aromatic rings. The first-order valence-electron chi connectivity index (χ1n) is 6.40. The molecule has 8 heteroatoms. The van der Waals surface area contributed by atoms with Crippen LogP contribution in [0.15, 0.2) is 48.5 Å². The van der Waals surface area contributed by atoms with Gasteiger partial charge in [-0.2, -0.15) is 18.2 Å². The highest BCUT2D eigenvalue weighted by Gasteiger charge is 2.30. The van der Waals surface area contributed by atoms with Gasteiger partial charge in [0.2, 0.25) is 0 Å². The Morgan fingerprint density at radius 1 is 0.957 bits per heavy atom. The van der Waals surface area contributed by atoms with Gasteiger partial charge in [-0.3, -0.25) is 0 Å². The standard InChI is InChI=1S/C15H9F3N2O2S/c16-15(17,18)10-3-1-9(2-4-10)13-19-14(20-23-13)22-12-7-5-11(21)6-8-12/h1-8,21H. The Hall–Kier alpha value is -2.61. The van der Waals surface area contributed by atoms with Crippen LogP contribution in [0.2, 0.25) is 0 Å². The van der Waals surface area contributed by atoms with Gasteiger partial charge in [0.05, 0.1) is 5.56 Å². The predicted molar refractivity (Wildman–Crippen MR) is 78.5 cm³/mol. The molecule has 118 valence electrons. The van der Waals surface area contributed by atoms with E-state index in [2.05, 4.69) is 9.36 Å². The van der Waals surface area contributed by atoms with Gasteiger partial charge < -0.3 is 9.84 Å². The van der Waals surface area contributed by atoms with E-state index in [-0.39, 0.29) is 11.8 Å². The highest BCUT2D eigenvalue weighted by molar-refractivity contribution is 7.09. The van der Waals surface area contributed by atoms with E-state index in [4.69, 9.17) is 4.74 Å². The maximum Gasteiger partial charge on any atom is 0.416 e. The molecule has 0 bridgehead atoms. The minimum absolute atomic E-state index is 0.0931. The second-order valence-corrected chi connectivity index (χ2v) is 5.31. The quantitative estimate of drug-likeness (QED) is 0.751. The molecule has 0 aliphatic heterocycles. The molecule has 0 saturated heterocycles. The molecular formula is C15H9F3N2O2S. The number of aromatic nitrogens is 2. The fourth-order valence-electron chi connectivity index (χ4n) is 1.79. The molecule has 1 N–H and O–H groups in total. The summed E-state index contributed by atoms with van der Waals surface area (Å²) >= 11 is 1.02. The average Bonchev–Trinajstić information content (AvgIpc) is 2.97. The number of rotatable bonds is 3. The van der Waals surface area contributed by atoms with Crippen molar-refractivity contribution < 1.29 is 23.0 Å². The Balaban J connectivity index is 1.77. The lowest BCUT2D eigenvalue weighted by molar-refractivity contribution is -0.137. The zero-order chi connectivity index (χ0) is 16.4. The van der Waals surface area contributed by atoms with E-state index in [0.29, 0.717) is 16.3 Å². The van der Waals surface area contributed by atoms with Gasteiger partial charge in [0.1, 0.15) is 16.5 Å². The predicted octanol–water partition coefficient (Wildman–Crippen LogP) is 4.72. The van der Waals surface area contributed by atoms with Crippen LogP contribution in [0.3, 0.4) is 0 Å². The minimum atomic E-state index is -4.37. The first-order chi connectivity index (χ1) is 10.9. The molecule has 0 atom stereocenters. The Kier molecular flexibility index (Phi) is 3.91. The molecule has 23 heavy (non-hydrogen) atoms. The highest BCUT2D eigenvalue weighted by atomic mass is 32.1. The van der Waals surface area contributed by atoms with Crippen LogP contribution in [-0.2, 0) is 6.18 Å². The summed E-state index contributed by atoms with van der Waals surface area (Å²) in [6.45, 7) is 0. The first kappa shape index (κ1) is 15.3. The fourth-order valence-corrected chi connectivity index (χ4v) is 2.39. The molecule has 0 saturated carbocycles. The highest BCUT2D eigenvalue weighted by Crippen LogP contribution is 2.32. The summed E-state index contributed by atoms with van der Waals surface area (Å²) in [6.07, 6.45) is -4.37. The number of hydrogen-bond donors (Lipinski definition) is 1. The maximum atomic E-state index is 12.5. The van der Waals surface area contributed by atoms with Gasteiger partial charge in [0.25, 0.3) is 0 Å². The second-order valence-electron chi connectivity index (χ2n) is 4.55. The molecule has 0 aliphatic rings. The van der Waals surface area contributed by atoms with Crippen LogP contribution in [0.4, 0.5) is 13.2 Å². The first-order valence-corrected chi connectivity index (χ1v) is 7.17. The van der Waals surface area contributed by atoms with Crippen molar-refractivity contribution in [3.05, 3.63) is 54.1 Å². The third kappa shape index (κ3) is 3.59. The van der Waals surface area contributed by atoms with Crippen LogP contribution >= 0.6 is 11.5 Å². The Morgan fingerprint density at radius 3 is 2.22 bits per heavy atom. The van der Waals surface area contributed by atoms with Gasteiger partial charge in [-0.1, -0.05) is 12.1 Å². The second kappa shape index (κ2) is 5.88. The molecule has 3 rings (SSSR count). The molecule has 0 fully saturated rings. The van der Waals surface area contributed by atoms with Crippen molar-refractivity contribution in [1.29, 1.82) is 0 Å². The van der Waals surface area contributed by atoms with Crippen molar-refractivity contribution in [3.8, 4) is 28.1 Å². The molecule has 0 spiro atoms. The van der Waals surface area contributed by atoms with E-state index in [9.17, 15) is 18.3 Å². The van der Waals surface area contributed by atoms with Gasteiger partial charge in [-0.25, -0.2) is 0 Å². The molecule has 1 heterocycles. The Morgan fingerprint density at radius 2 is 1.61 bits per heavy atom. The number of aromatic hydroxyl groups is 1. The van der Waals surface area contributed by atoms with Crippen LogP contribution in [0.1, 0.15) is 5.56 Å². The summed E-state index contributed by atoms with van der Waals surface area (Å²) in [4.78, 5) is 4.13. The van der Waals surface area contributed by atoms with Crippen molar-refractivity contribution in [1.82, 2.24) is 9.36 Å². The fraction of sp³-hybridized carbons (Fsp3) is 0.0667. The van der Waals surface area contributed by atoms with E-state index in [1.54, 1.807) is 12.1 Å². The Bertz CT molecular complexity index is 799. The maximum absolute atomic E-state index is 12.5. The largest absolute Gasteiger partial charge is 0.508 e. The lowest BCUT2D eigenvalue weighted by atomic mass is 10.1. The van der Waals surface area contributed by atoms with Crippen molar-refractivity contribution in [2.45, 2.75) is 6.18 Å². The number of benzene rings is 2. The average molecular weight is 338 g/mol. The van der Waals surface area contributed by atoms with E-state index in [1.165, 1.54) is 24.3 Å². The zero-order valence-electron chi connectivity index (χ0n) is 11.4. The molecule has 4 nitrogen and oxygen atoms in total. The van der Waals surface area contributed by atoms with E-state index in [1.807, 2.05) is 0 Å². The number of nitrogens with zero attached hydrogens (tertiary/aromatic N) is 2. The third-order valence-electron chi connectivity index (χ3n) is 2.91. The van der Waals surface area contributed by atoms with Gasteiger partial charge >= 0.3 is 12.2 Å². The van der Waals surface area contributed by atoms with Crippen molar-refractivity contribution in [2.24, 2.45) is 0 Å². The summed E-state index contributed by atoms with van der Waals surface area (Å²) in [5, 5.41) is 9.64. The molecule has 0 amide bonds. The van der Waals surface area contributed by atoms with Crippen LogP contribution in [0.25, 0.3) is 10.6 Å². The molecule has 0 radical (unpaired) electrons.